The number of benzene rings is 3. The first kappa shape index (κ1) is 28.9. The molecule has 0 aliphatic heterocycles. The van der Waals surface area contributed by atoms with E-state index in [1.807, 2.05) is 73.7 Å². The van der Waals surface area contributed by atoms with Gasteiger partial charge in [0.15, 0.2) is 17.4 Å². The molecule has 0 aromatic heterocycles. The van der Waals surface area contributed by atoms with Gasteiger partial charge in [0.2, 0.25) is 0 Å². The van der Waals surface area contributed by atoms with Crippen molar-refractivity contribution < 1.29 is 18.3 Å². The molecule has 1 aliphatic carbocycles. The molecular weight excluding hydrogens is 490 g/mol. The minimum absolute atomic E-state index is 0.241. The Morgan fingerprint density at radius 1 is 0.667 bits per heavy atom. The molecule has 0 spiro atoms. The van der Waals surface area contributed by atoms with Crippen LogP contribution in [0.15, 0.2) is 85.0 Å². The van der Waals surface area contributed by atoms with Crippen LogP contribution < -0.4 is 0 Å². The highest BCUT2D eigenvalue weighted by molar-refractivity contribution is 5.78. The molecule has 0 bridgehead atoms. The molecule has 0 saturated heterocycles. The minimum Gasteiger partial charge on any atom is -0.346 e. The lowest BCUT2D eigenvalue weighted by atomic mass is 9.93. The van der Waals surface area contributed by atoms with Crippen LogP contribution in [0.25, 0.3) is 27.8 Å². The highest BCUT2D eigenvalue weighted by atomic mass is 19.2. The molecule has 1 aliphatic rings. The van der Waals surface area contributed by atoms with E-state index in [-0.39, 0.29) is 11.1 Å². The van der Waals surface area contributed by atoms with E-state index in [0.717, 1.165) is 24.0 Å². The summed E-state index contributed by atoms with van der Waals surface area (Å²) in [7, 11) is 0. The summed E-state index contributed by atoms with van der Waals surface area (Å²) in [5, 5.41) is 0. The smallest absolute Gasteiger partial charge is 0.191 e. The first-order valence-corrected chi connectivity index (χ1v) is 14.4. The van der Waals surface area contributed by atoms with Crippen LogP contribution in [-0.2, 0) is 9.47 Å². The highest BCUT2D eigenvalue weighted by Gasteiger charge is 2.30. The Kier molecular flexibility index (Phi) is 10.6. The quantitative estimate of drug-likeness (QED) is 0.152. The first-order chi connectivity index (χ1) is 19.1. The first-order valence-electron chi connectivity index (χ1n) is 14.4. The molecule has 0 saturated carbocycles. The van der Waals surface area contributed by atoms with E-state index in [4.69, 9.17) is 9.47 Å². The molecule has 4 heteroatoms. The average molecular weight is 531 g/mol. The Hall–Kier alpha value is -3.08. The van der Waals surface area contributed by atoms with Gasteiger partial charge in [0, 0.05) is 24.2 Å². The molecule has 0 heterocycles. The van der Waals surface area contributed by atoms with E-state index in [1.165, 1.54) is 32.1 Å². The average Bonchev–Trinajstić information content (AvgIpc) is 2.97. The lowest BCUT2D eigenvalue weighted by Gasteiger charge is -2.32. The number of hydrogen-bond acceptors (Lipinski definition) is 2. The van der Waals surface area contributed by atoms with Crippen molar-refractivity contribution in [2.45, 2.75) is 71.0 Å². The number of rotatable bonds is 14. The molecular formula is C35H40F2O2. The highest BCUT2D eigenvalue weighted by Crippen LogP contribution is 2.35. The van der Waals surface area contributed by atoms with Gasteiger partial charge in [0.05, 0.1) is 6.61 Å². The third-order valence-electron chi connectivity index (χ3n) is 7.30. The van der Waals surface area contributed by atoms with Crippen molar-refractivity contribution in [1.29, 1.82) is 0 Å². The normalized spacial score (nSPS) is 16.9. The van der Waals surface area contributed by atoms with Gasteiger partial charge in [-0.15, -0.1) is 0 Å². The standard InChI is InChI=1S/C35H40F2O2/c1-3-5-6-7-8-9-13-26-39-35(38-4-2)24-22-30(23-25-35)32-21-20-31(33(36)34(32)37)29-18-16-28(17-19-29)27-14-11-10-12-15-27/h10-12,14-24H,3-9,13,25-26H2,1-2H3. The summed E-state index contributed by atoms with van der Waals surface area (Å²) in [6, 6.07) is 20.8. The van der Waals surface area contributed by atoms with Gasteiger partial charge < -0.3 is 9.47 Å². The predicted octanol–water partition coefficient (Wildman–Crippen LogP) is 10.1. The zero-order valence-corrected chi connectivity index (χ0v) is 23.2. The fraction of sp³-hybridized carbons (Fsp3) is 0.371. The maximum Gasteiger partial charge on any atom is 0.191 e. The van der Waals surface area contributed by atoms with Crippen molar-refractivity contribution in [3.8, 4) is 22.3 Å². The minimum atomic E-state index is -0.851. The van der Waals surface area contributed by atoms with Crippen LogP contribution in [0, 0.1) is 11.6 Å². The van der Waals surface area contributed by atoms with Crippen molar-refractivity contribution in [3.63, 3.8) is 0 Å². The van der Waals surface area contributed by atoms with E-state index in [9.17, 15) is 0 Å². The second-order valence-electron chi connectivity index (χ2n) is 10.1. The maximum absolute atomic E-state index is 15.3. The zero-order valence-electron chi connectivity index (χ0n) is 23.2. The molecule has 206 valence electrons. The Labute approximate surface area is 232 Å². The van der Waals surface area contributed by atoms with Gasteiger partial charge in [-0.1, -0.05) is 124 Å². The van der Waals surface area contributed by atoms with Crippen LogP contribution in [0.2, 0.25) is 0 Å². The third kappa shape index (κ3) is 7.52. The largest absolute Gasteiger partial charge is 0.346 e. The zero-order chi connectivity index (χ0) is 27.5. The van der Waals surface area contributed by atoms with Crippen molar-refractivity contribution in [3.05, 3.63) is 102 Å². The summed E-state index contributed by atoms with van der Waals surface area (Å²) < 4.78 is 42.7. The molecule has 1 unspecified atom stereocenters. The number of unbranched alkanes of at least 4 members (excludes halogenated alkanes) is 6. The summed E-state index contributed by atoms with van der Waals surface area (Å²) in [5.74, 6) is -2.54. The van der Waals surface area contributed by atoms with Crippen LogP contribution in [0.3, 0.4) is 0 Å². The summed E-state index contributed by atoms with van der Waals surface area (Å²) in [6.07, 6.45) is 14.5. The van der Waals surface area contributed by atoms with E-state index in [0.29, 0.717) is 30.8 Å². The SMILES string of the molecule is CCCCCCCCCOC1(OCC)C=CC(c2ccc(-c3ccc(-c4ccccc4)cc3)c(F)c2F)=CC1. The lowest BCUT2D eigenvalue weighted by Crippen LogP contribution is -2.35. The van der Waals surface area contributed by atoms with E-state index >= 15 is 8.78 Å². The molecule has 2 nitrogen and oxygen atoms in total. The summed E-state index contributed by atoms with van der Waals surface area (Å²) in [6.45, 7) is 5.28. The predicted molar refractivity (Wildman–Crippen MR) is 157 cm³/mol. The number of ether oxygens (including phenoxy) is 2. The van der Waals surface area contributed by atoms with Crippen LogP contribution >= 0.6 is 0 Å². The fourth-order valence-corrected chi connectivity index (χ4v) is 5.08. The van der Waals surface area contributed by atoms with Gasteiger partial charge in [-0.3, -0.25) is 0 Å². The van der Waals surface area contributed by atoms with Crippen molar-refractivity contribution in [2.75, 3.05) is 13.2 Å². The molecule has 39 heavy (non-hydrogen) atoms. The Balaban J connectivity index is 1.40. The van der Waals surface area contributed by atoms with Crippen molar-refractivity contribution in [1.82, 2.24) is 0 Å². The monoisotopic (exact) mass is 530 g/mol. The topological polar surface area (TPSA) is 18.5 Å². The molecule has 0 radical (unpaired) electrons. The maximum atomic E-state index is 15.3. The summed E-state index contributed by atoms with van der Waals surface area (Å²) in [4.78, 5) is 0. The van der Waals surface area contributed by atoms with E-state index < -0.39 is 17.4 Å². The Bertz CT molecular complexity index is 1250. The fourth-order valence-electron chi connectivity index (χ4n) is 5.08. The van der Waals surface area contributed by atoms with Gasteiger partial charge in [0.25, 0.3) is 0 Å². The molecule has 0 fully saturated rings. The van der Waals surface area contributed by atoms with E-state index in [2.05, 4.69) is 6.92 Å². The Morgan fingerprint density at radius 3 is 1.95 bits per heavy atom. The third-order valence-corrected chi connectivity index (χ3v) is 7.30. The van der Waals surface area contributed by atoms with Crippen molar-refractivity contribution >= 4 is 5.57 Å². The van der Waals surface area contributed by atoms with Crippen LogP contribution in [0.5, 0.6) is 0 Å². The van der Waals surface area contributed by atoms with Crippen molar-refractivity contribution in [2.24, 2.45) is 0 Å². The number of hydrogen-bond donors (Lipinski definition) is 0. The lowest BCUT2D eigenvalue weighted by molar-refractivity contribution is -0.200. The summed E-state index contributed by atoms with van der Waals surface area (Å²) >= 11 is 0. The molecule has 1 atom stereocenters. The van der Waals surface area contributed by atoms with Crippen LogP contribution in [-0.4, -0.2) is 19.0 Å². The van der Waals surface area contributed by atoms with Gasteiger partial charge >= 0.3 is 0 Å². The molecule has 3 aromatic carbocycles. The Morgan fingerprint density at radius 2 is 1.28 bits per heavy atom. The molecule has 0 N–H and O–H groups in total. The van der Waals surface area contributed by atoms with E-state index in [1.54, 1.807) is 18.2 Å². The van der Waals surface area contributed by atoms with Gasteiger partial charge in [-0.25, -0.2) is 8.78 Å². The molecule has 3 aromatic rings. The van der Waals surface area contributed by atoms with Crippen LogP contribution in [0.1, 0.15) is 70.8 Å². The molecule has 0 amide bonds. The van der Waals surface area contributed by atoms with Gasteiger partial charge in [0.1, 0.15) is 0 Å². The van der Waals surface area contributed by atoms with Gasteiger partial charge in [-0.2, -0.15) is 0 Å². The van der Waals surface area contributed by atoms with Gasteiger partial charge in [-0.05, 0) is 41.7 Å². The number of allylic oxidation sites excluding steroid dienone is 2. The molecule has 4 rings (SSSR count). The summed E-state index contributed by atoms with van der Waals surface area (Å²) in [5.41, 5.74) is 3.87. The second-order valence-corrected chi connectivity index (χ2v) is 10.1. The second kappa shape index (κ2) is 14.3. The van der Waals surface area contributed by atoms with Crippen LogP contribution in [0.4, 0.5) is 8.78 Å². The number of halogens is 2.